The quantitative estimate of drug-likeness (QED) is 0.912. The highest BCUT2D eigenvalue weighted by Gasteiger charge is 2.36. The molecule has 0 aromatic carbocycles. The van der Waals surface area contributed by atoms with Crippen LogP contribution in [-0.2, 0) is 12.6 Å². The van der Waals surface area contributed by atoms with Crippen LogP contribution in [0.4, 0.5) is 18.9 Å². The van der Waals surface area contributed by atoms with Crippen molar-refractivity contribution in [3.05, 3.63) is 22.2 Å². The van der Waals surface area contributed by atoms with Gasteiger partial charge in [-0.05, 0) is 18.4 Å². The molecule has 8 heteroatoms. The molecule has 114 valence electrons. The third-order valence-electron chi connectivity index (χ3n) is 2.90. The first kappa shape index (κ1) is 15.6. The molecule has 2 heterocycles. The molecule has 4 nitrogen and oxygen atoms in total. The number of primary amides is 1. The minimum atomic E-state index is -4.57. The summed E-state index contributed by atoms with van der Waals surface area (Å²) in [6.45, 7) is 3.77. The molecule has 0 aliphatic heterocycles. The number of hydrogen-bond donors (Lipinski definition) is 2. The fourth-order valence-corrected chi connectivity index (χ4v) is 3.09. The van der Waals surface area contributed by atoms with E-state index in [1.54, 1.807) is 0 Å². The van der Waals surface area contributed by atoms with Crippen molar-refractivity contribution in [3.8, 4) is 0 Å². The van der Waals surface area contributed by atoms with E-state index in [4.69, 9.17) is 11.5 Å². The smallest absolute Gasteiger partial charge is 0.397 e. The summed E-state index contributed by atoms with van der Waals surface area (Å²) in [6, 6.07) is 0.996. The Labute approximate surface area is 123 Å². The summed E-state index contributed by atoms with van der Waals surface area (Å²) in [7, 11) is 0. The zero-order valence-electron chi connectivity index (χ0n) is 11.4. The molecular formula is C13H14F3N3OS. The molecule has 0 saturated heterocycles. The van der Waals surface area contributed by atoms with Gasteiger partial charge in [0.2, 0.25) is 0 Å². The number of pyridine rings is 1. The summed E-state index contributed by atoms with van der Waals surface area (Å²) in [6.07, 6.45) is -4.17. The number of alkyl halides is 3. The maximum atomic E-state index is 13.2. The Kier molecular flexibility index (Phi) is 3.83. The lowest BCUT2D eigenvalue weighted by Crippen LogP contribution is -2.12. The number of nitrogens with zero attached hydrogens (tertiary/aromatic N) is 1. The molecular weight excluding hydrogens is 303 g/mol. The highest BCUT2D eigenvalue weighted by molar-refractivity contribution is 7.21. The van der Waals surface area contributed by atoms with Crippen molar-refractivity contribution in [3.63, 3.8) is 0 Å². The van der Waals surface area contributed by atoms with Gasteiger partial charge >= 0.3 is 6.18 Å². The van der Waals surface area contributed by atoms with E-state index in [1.807, 2.05) is 13.8 Å². The molecule has 2 aromatic heterocycles. The molecule has 0 unspecified atom stereocenters. The van der Waals surface area contributed by atoms with Gasteiger partial charge in [-0.15, -0.1) is 11.3 Å². The molecule has 0 atom stereocenters. The Morgan fingerprint density at radius 1 is 1.43 bits per heavy atom. The number of anilines is 1. The van der Waals surface area contributed by atoms with E-state index in [9.17, 15) is 18.0 Å². The number of rotatable bonds is 3. The van der Waals surface area contributed by atoms with Crippen LogP contribution in [-0.4, -0.2) is 10.9 Å². The molecule has 0 aliphatic rings. The van der Waals surface area contributed by atoms with Crippen LogP contribution in [0.1, 0.15) is 34.8 Å². The van der Waals surface area contributed by atoms with Gasteiger partial charge in [-0.3, -0.25) is 4.79 Å². The fraction of sp³-hybridized carbons (Fsp3) is 0.385. The van der Waals surface area contributed by atoms with Crippen LogP contribution in [0.3, 0.4) is 0 Å². The van der Waals surface area contributed by atoms with Crippen molar-refractivity contribution in [2.75, 3.05) is 5.73 Å². The number of carbonyl (C=O) groups excluding carboxylic acids is 1. The van der Waals surface area contributed by atoms with Crippen LogP contribution in [0.5, 0.6) is 0 Å². The van der Waals surface area contributed by atoms with Crippen LogP contribution in [0.2, 0.25) is 0 Å². The van der Waals surface area contributed by atoms with Crippen molar-refractivity contribution in [2.24, 2.45) is 11.7 Å². The minimum absolute atomic E-state index is 0.0896. The fourth-order valence-electron chi connectivity index (χ4n) is 2.10. The van der Waals surface area contributed by atoms with Gasteiger partial charge in [0.1, 0.15) is 9.71 Å². The zero-order chi connectivity index (χ0) is 15.9. The average Bonchev–Trinajstić information content (AvgIpc) is 2.64. The van der Waals surface area contributed by atoms with E-state index in [0.29, 0.717) is 12.1 Å². The molecule has 0 fully saturated rings. The largest absolute Gasteiger partial charge is 0.417 e. The zero-order valence-corrected chi connectivity index (χ0v) is 12.2. The number of hydrogen-bond acceptors (Lipinski definition) is 4. The van der Waals surface area contributed by atoms with E-state index in [0.717, 1.165) is 17.4 Å². The van der Waals surface area contributed by atoms with E-state index in [1.165, 1.54) is 0 Å². The van der Waals surface area contributed by atoms with E-state index in [2.05, 4.69) is 4.98 Å². The van der Waals surface area contributed by atoms with Crippen molar-refractivity contribution in [1.29, 1.82) is 0 Å². The number of amides is 1. The summed E-state index contributed by atoms with van der Waals surface area (Å²) in [5.74, 6) is -0.696. The van der Waals surface area contributed by atoms with Gasteiger partial charge in [-0.25, -0.2) is 4.98 Å². The van der Waals surface area contributed by atoms with Gasteiger partial charge in [0.05, 0.1) is 11.3 Å². The summed E-state index contributed by atoms with van der Waals surface area (Å²) in [5.41, 5.74) is 10.00. The number of aromatic nitrogens is 1. The van der Waals surface area contributed by atoms with Gasteiger partial charge < -0.3 is 11.5 Å². The van der Waals surface area contributed by atoms with Crippen molar-refractivity contribution in [1.82, 2.24) is 4.98 Å². The molecule has 2 aromatic rings. The molecule has 0 aliphatic carbocycles. The highest BCUT2D eigenvalue weighted by atomic mass is 32.1. The molecule has 2 rings (SSSR count). The number of nitrogen functional groups attached to an aromatic ring is 1. The molecule has 21 heavy (non-hydrogen) atoms. The van der Waals surface area contributed by atoms with Gasteiger partial charge in [0, 0.05) is 11.1 Å². The average molecular weight is 317 g/mol. The standard InChI is InChI=1S/C13H14F3N3OS/c1-5(2)3-6-4-7(13(14,15)16)8-9(17)10(11(18)20)21-12(8)19-6/h4-5H,3,17H2,1-2H3,(H2,18,20). The van der Waals surface area contributed by atoms with Crippen molar-refractivity contribution >= 4 is 33.1 Å². The Hall–Kier alpha value is -1.83. The molecule has 1 amide bonds. The maximum absolute atomic E-state index is 13.2. The summed E-state index contributed by atoms with van der Waals surface area (Å²) >= 11 is 0.793. The first-order valence-corrected chi connectivity index (χ1v) is 7.01. The van der Waals surface area contributed by atoms with Crippen LogP contribution in [0, 0.1) is 5.92 Å². The number of carbonyl (C=O) groups is 1. The van der Waals surface area contributed by atoms with E-state index >= 15 is 0 Å². The first-order chi connectivity index (χ1) is 9.61. The minimum Gasteiger partial charge on any atom is -0.397 e. The van der Waals surface area contributed by atoms with Crippen LogP contribution < -0.4 is 11.5 Å². The summed E-state index contributed by atoms with van der Waals surface area (Å²) in [4.78, 5) is 15.4. The maximum Gasteiger partial charge on any atom is 0.417 e. The lowest BCUT2D eigenvalue weighted by atomic mass is 10.0. The van der Waals surface area contributed by atoms with Crippen molar-refractivity contribution in [2.45, 2.75) is 26.4 Å². The predicted molar refractivity (Wildman–Crippen MR) is 76.1 cm³/mol. The SMILES string of the molecule is CC(C)Cc1cc(C(F)(F)F)c2c(N)c(C(N)=O)sc2n1. The lowest BCUT2D eigenvalue weighted by Gasteiger charge is -2.12. The Morgan fingerprint density at radius 3 is 2.52 bits per heavy atom. The monoisotopic (exact) mass is 317 g/mol. The lowest BCUT2D eigenvalue weighted by molar-refractivity contribution is -0.136. The third kappa shape index (κ3) is 2.94. The first-order valence-electron chi connectivity index (χ1n) is 6.20. The molecule has 4 N–H and O–H groups in total. The Morgan fingerprint density at radius 2 is 2.05 bits per heavy atom. The highest BCUT2D eigenvalue weighted by Crippen LogP contribution is 2.42. The molecule has 0 saturated carbocycles. The molecule has 0 radical (unpaired) electrons. The van der Waals surface area contributed by atoms with Crippen molar-refractivity contribution < 1.29 is 18.0 Å². The topological polar surface area (TPSA) is 82.0 Å². The summed E-state index contributed by atoms with van der Waals surface area (Å²) < 4.78 is 39.7. The number of nitrogens with two attached hydrogens (primary N) is 2. The van der Waals surface area contributed by atoms with E-state index < -0.39 is 17.6 Å². The number of fused-ring (bicyclic) bond motifs is 1. The second-order valence-corrected chi connectivity index (χ2v) is 6.15. The van der Waals surface area contributed by atoms with E-state index in [-0.39, 0.29) is 26.7 Å². The normalized spacial score (nSPS) is 12.3. The molecule has 0 spiro atoms. The number of halogens is 3. The Bertz CT molecular complexity index is 707. The molecule has 0 bridgehead atoms. The van der Waals surface area contributed by atoms with Crippen LogP contribution in [0.15, 0.2) is 6.07 Å². The third-order valence-corrected chi connectivity index (χ3v) is 4.01. The Balaban J connectivity index is 2.79. The van der Waals surface area contributed by atoms with Gasteiger partial charge in [0.25, 0.3) is 5.91 Å². The van der Waals surface area contributed by atoms with Crippen LogP contribution in [0.25, 0.3) is 10.2 Å². The second-order valence-electron chi connectivity index (χ2n) is 5.15. The predicted octanol–water partition coefficient (Wildman–Crippen LogP) is 3.19. The van der Waals surface area contributed by atoms with Gasteiger partial charge in [-0.2, -0.15) is 13.2 Å². The van der Waals surface area contributed by atoms with Gasteiger partial charge in [0.15, 0.2) is 0 Å². The van der Waals surface area contributed by atoms with Gasteiger partial charge in [-0.1, -0.05) is 13.8 Å². The summed E-state index contributed by atoms with van der Waals surface area (Å²) in [5, 5.41) is -0.242. The number of thiophene rings is 1. The second kappa shape index (κ2) is 5.18. The van der Waals surface area contributed by atoms with Crippen LogP contribution >= 0.6 is 11.3 Å².